The van der Waals surface area contributed by atoms with Gasteiger partial charge in [-0.2, -0.15) is 0 Å². The molecule has 19 heavy (non-hydrogen) atoms. The van der Waals surface area contributed by atoms with Crippen LogP contribution in [0.25, 0.3) is 0 Å². The highest BCUT2D eigenvalue weighted by molar-refractivity contribution is 9.10. The summed E-state index contributed by atoms with van der Waals surface area (Å²) < 4.78 is 13.9. The topological polar surface area (TPSA) is 20.3 Å². The Kier molecular flexibility index (Phi) is 4.97. The first-order valence-corrected chi connectivity index (χ1v) is 7.65. The van der Waals surface area contributed by atoms with Crippen molar-refractivity contribution in [1.29, 1.82) is 0 Å². The summed E-state index contributed by atoms with van der Waals surface area (Å²) in [4.78, 5) is 14.3. The van der Waals surface area contributed by atoms with Gasteiger partial charge >= 0.3 is 0 Å². The highest BCUT2D eigenvalue weighted by Gasteiger charge is 2.22. The highest BCUT2D eigenvalue weighted by atomic mass is 79.9. The van der Waals surface area contributed by atoms with E-state index in [0.717, 1.165) is 25.9 Å². The van der Waals surface area contributed by atoms with Gasteiger partial charge in [-0.25, -0.2) is 4.39 Å². The van der Waals surface area contributed by atoms with Crippen molar-refractivity contribution in [1.82, 2.24) is 4.90 Å². The fourth-order valence-electron chi connectivity index (χ4n) is 2.61. The number of carbonyl (C=O) groups excluding carboxylic acids is 1. The summed E-state index contributed by atoms with van der Waals surface area (Å²) >= 11 is 3.33. The quantitative estimate of drug-likeness (QED) is 0.795. The third kappa shape index (κ3) is 3.56. The predicted molar refractivity (Wildman–Crippen MR) is 77.6 cm³/mol. The molecule has 1 aromatic rings. The van der Waals surface area contributed by atoms with Gasteiger partial charge in [-0.3, -0.25) is 4.79 Å². The zero-order valence-electron chi connectivity index (χ0n) is 11.2. The molecule has 4 heteroatoms. The molecule has 1 heterocycles. The Morgan fingerprint density at radius 1 is 1.42 bits per heavy atom. The minimum absolute atomic E-state index is 0.0665. The van der Waals surface area contributed by atoms with E-state index in [1.807, 2.05) is 4.90 Å². The van der Waals surface area contributed by atoms with Gasteiger partial charge in [0.15, 0.2) is 0 Å². The van der Waals surface area contributed by atoms with Crippen LogP contribution in [0.1, 0.15) is 43.0 Å². The first kappa shape index (κ1) is 14.5. The predicted octanol–water partition coefficient (Wildman–Crippen LogP) is 4.24. The molecule has 1 fully saturated rings. The molecular formula is C15H19BrFNO. The molecule has 1 aromatic carbocycles. The van der Waals surface area contributed by atoms with Crippen molar-refractivity contribution in [3.8, 4) is 0 Å². The molecule has 1 saturated heterocycles. The van der Waals surface area contributed by atoms with E-state index in [9.17, 15) is 9.18 Å². The Morgan fingerprint density at radius 3 is 2.95 bits per heavy atom. The third-order valence-electron chi connectivity index (χ3n) is 3.87. The van der Waals surface area contributed by atoms with Gasteiger partial charge in [0.25, 0.3) is 5.91 Å². The van der Waals surface area contributed by atoms with Crippen LogP contribution in [0.5, 0.6) is 0 Å². The summed E-state index contributed by atoms with van der Waals surface area (Å²) in [5, 5.41) is 0. The number of likely N-dealkylation sites (tertiary alicyclic amines) is 1. The lowest BCUT2D eigenvalue weighted by Gasteiger charge is -2.21. The Hall–Kier alpha value is -0.900. The summed E-state index contributed by atoms with van der Waals surface area (Å²) in [5.41, 5.74) is 0.426. The number of carbonyl (C=O) groups is 1. The molecule has 0 aliphatic carbocycles. The van der Waals surface area contributed by atoms with Crippen LogP contribution < -0.4 is 0 Å². The molecule has 1 amide bonds. The van der Waals surface area contributed by atoms with E-state index in [4.69, 9.17) is 0 Å². The second-order valence-electron chi connectivity index (χ2n) is 5.12. The van der Waals surface area contributed by atoms with E-state index < -0.39 is 0 Å². The van der Waals surface area contributed by atoms with Crippen molar-refractivity contribution in [2.24, 2.45) is 5.92 Å². The Bertz CT molecular complexity index is 463. The highest BCUT2D eigenvalue weighted by Crippen LogP contribution is 2.24. The van der Waals surface area contributed by atoms with E-state index in [-0.39, 0.29) is 11.7 Å². The van der Waals surface area contributed by atoms with Gasteiger partial charge < -0.3 is 4.90 Å². The summed E-state index contributed by atoms with van der Waals surface area (Å²) in [6.07, 6.45) is 4.45. The summed E-state index contributed by atoms with van der Waals surface area (Å²) in [7, 11) is 0. The van der Waals surface area contributed by atoms with Crippen LogP contribution in [0, 0.1) is 11.7 Å². The molecule has 0 spiro atoms. The van der Waals surface area contributed by atoms with Crippen LogP contribution in [0.4, 0.5) is 4.39 Å². The molecule has 0 saturated carbocycles. The molecule has 2 nitrogen and oxygen atoms in total. The van der Waals surface area contributed by atoms with Crippen molar-refractivity contribution in [3.63, 3.8) is 0 Å². The summed E-state index contributed by atoms with van der Waals surface area (Å²) in [6.45, 7) is 3.75. The molecule has 1 aliphatic heterocycles. The normalized spacial score (nSPS) is 20.2. The Morgan fingerprint density at radius 2 is 2.21 bits per heavy atom. The standard InChI is InChI=1S/C15H19BrFNO/c1-2-11-4-3-8-18(9-7-11)15(19)13-10-12(17)5-6-14(13)16/h5-6,10-11H,2-4,7-9H2,1H3. The maximum atomic E-state index is 13.3. The zero-order chi connectivity index (χ0) is 13.8. The van der Waals surface area contributed by atoms with Gasteiger partial charge in [-0.1, -0.05) is 13.3 Å². The second-order valence-corrected chi connectivity index (χ2v) is 5.98. The maximum absolute atomic E-state index is 13.3. The molecule has 0 N–H and O–H groups in total. The first-order chi connectivity index (χ1) is 9.11. The number of amides is 1. The van der Waals surface area contributed by atoms with E-state index in [1.54, 1.807) is 6.07 Å². The lowest BCUT2D eigenvalue weighted by atomic mass is 9.98. The van der Waals surface area contributed by atoms with E-state index in [2.05, 4.69) is 22.9 Å². The monoisotopic (exact) mass is 327 g/mol. The fourth-order valence-corrected chi connectivity index (χ4v) is 3.02. The number of benzene rings is 1. The molecule has 1 atom stereocenters. The molecule has 1 aliphatic rings. The van der Waals surface area contributed by atoms with Crippen molar-refractivity contribution >= 4 is 21.8 Å². The van der Waals surface area contributed by atoms with Crippen LogP contribution >= 0.6 is 15.9 Å². The van der Waals surface area contributed by atoms with Gasteiger partial charge in [0.1, 0.15) is 5.82 Å². The maximum Gasteiger partial charge on any atom is 0.255 e. The molecule has 104 valence electrons. The SMILES string of the molecule is CCC1CCCN(C(=O)c2cc(F)ccc2Br)CC1. The average molecular weight is 328 g/mol. The van der Waals surface area contributed by atoms with Crippen molar-refractivity contribution < 1.29 is 9.18 Å². The minimum Gasteiger partial charge on any atom is -0.339 e. The van der Waals surface area contributed by atoms with Crippen LogP contribution in [0.2, 0.25) is 0 Å². The number of halogens is 2. The van der Waals surface area contributed by atoms with Gasteiger partial charge in [0.05, 0.1) is 5.56 Å². The Labute approximate surface area is 122 Å². The number of hydrogen-bond donors (Lipinski definition) is 0. The number of nitrogens with zero attached hydrogens (tertiary/aromatic N) is 1. The van der Waals surface area contributed by atoms with E-state index in [0.29, 0.717) is 16.0 Å². The minimum atomic E-state index is -0.368. The van der Waals surface area contributed by atoms with Crippen molar-refractivity contribution in [2.45, 2.75) is 32.6 Å². The van der Waals surface area contributed by atoms with Gasteiger partial charge in [-0.05, 0) is 59.3 Å². The largest absolute Gasteiger partial charge is 0.339 e. The fraction of sp³-hybridized carbons (Fsp3) is 0.533. The second kappa shape index (κ2) is 6.51. The van der Waals surface area contributed by atoms with Crippen molar-refractivity contribution in [2.75, 3.05) is 13.1 Å². The number of rotatable bonds is 2. The van der Waals surface area contributed by atoms with Gasteiger partial charge in [0.2, 0.25) is 0 Å². The summed E-state index contributed by atoms with van der Waals surface area (Å²) in [5.74, 6) is 0.282. The van der Waals surface area contributed by atoms with E-state index >= 15 is 0 Å². The van der Waals surface area contributed by atoms with Gasteiger partial charge in [-0.15, -0.1) is 0 Å². The molecule has 0 radical (unpaired) electrons. The zero-order valence-corrected chi connectivity index (χ0v) is 12.7. The molecule has 1 unspecified atom stereocenters. The lowest BCUT2D eigenvalue weighted by molar-refractivity contribution is 0.0758. The first-order valence-electron chi connectivity index (χ1n) is 6.86. The molecule has 0 bridgehead atoms. The average Bonchev–Trinajstić information content (AvgIpc) is 2.66. The van der Waals surface area contributed by atoms with E-state index in [1.165, 1.54) is 25.0 Å². The Balaban J connectivity index is 2.13. The van der Waals surface area contributed by atoms with Crippen LogP contribution in [0.15, 0.2) is 22.7 Å². The van der Waals surface area contributed by atoms with Crippen molar-refractivity contribution in [3.05, 3.63) is 34.1 Å². The lowest BCUT2D eigenvalue weighted by Crippen LogP contribution is -2.32. The molecule has 2 rings (SSSR count). The van der Waals surface area contributed by atoms with Gasteiger partial charge in [0, 0.05) is 17.6 Å². The smallest absolute Gasteiger partial charge is 0.255 e. The summed E-state index contributed by atoms with van der Waals surface area (Å²) in [6, 6.07) is 4.26. The van der Waals surface area contributed by atoms with Crippen LogP contribution in [-0.4, -0.2) is 23.9 Å². The molecule has 0 aromatic heterocycles. The van der Waals surface area contributed by atoms with Crippen LogP contribution in [0.3, 0.4) is 0 Å². The van der Waals surface area contributed by atoms with Crippen LogP contribution in [-0.2, 0) is 0 Å². The number of hydrogen-bond acceptors (Lipinski definition) is 1. The molecular weight excluding hydrogens is 309 g/mol. The third-order valence-corrected chi connectivity index (χ3v) is 4.56.